The van der Waals surface area contributed by atoms with Gasteiger partial charge in [0, 0.05) is 10.9 Å². The van der Waals surface area contributed by atoms with Crippen LogP contribution < -0.4 is 4.87 Å². The molecule has 2 nitrogen and oxygen atoms in total. The van der Waals surface area contributed by atoms with E-state index >= 15 is 0 Å². The van der Waals surface area contributed by atoms with Gasteiger partial charge in [-0.25, -0.2) is 0 Å². The summed E-state index contributed by atoms with van der Waals surface area (Å²) in [4.78, 5) is 13.1. The molecule has 0 bridgehead atoms. The molecule has 0 spiro atoms. The molecule has 0 aliphatic carbocycles. The maximum absolute atomic E-state index is 11.9. The second-order valence-corrected chi connectivity index (χ2v) is 5.27. The Morgan fingerprint density at radius 1 is 1.19 bits per heavy atom. The van der Waals surface area contributed by atoms with Crippen LogP contribution in [0.25, 0.3) is 11.3 Å². The quantitative estimate of drug-likeness (QED) is 0.778. The molecule has 1 aromatic heterocycles. The van der Waals surface area contributed by atoms with Crippen LogP contribution in [0.4, 0.5) is 0 Å². The van der Waals surface area contributed by atoms with Gasteiger partial charge < -0.3 is 0 Å². The Bertz CT molecular complexity index is 537. The fraction of sp³-hybridized carbons (Fsp3) is 0.308. The third-order valence-corrected chi connectivity index (χ3v) is 3.45. The van der Waals surface area contributed by atoms with Gasteiger partial charge in [0.05, 0.1) is 5.69 Å². The van der Waals surface area contributed by atoms with Crippen LogP contribution in [0.2, 0.25) is 0 Å². The van der Waals surface area contributed by atoms with Crippen molar-refractivity contribution < 1.29 is 0 Å². The smallest absolute Gasteiger partial charge is 0.296 e. The molecule has 84 valence electrons. The SMILES string of the molecule is Cc1sc(=O)n(C(C)C)c1-c1ccccc1. The largest absolute Gasteiger partial charge is 0.308 e. The minimum atomic E-state index is 0.131. The molecule has 1 heterocycles. The lowest BCUT2D eigenvalue weighted by atomic mass is 10.1. The third-order valence-electron chi connectivity index (χ3n) is 2.58. The van der Waals surface area contributed by atoms with E-state index < -0.39 is 0 Å². The van der Waals surface area contributed by atoms with Crippen LogP contribution in [0.3, 0.4) is 0 Å². The highest BCUT2D eigenvalue weighted by Gasteiger charge is 2.15. The molecule has 0 fully saturated rings. The van der Waals surface area contributed by atoms with Crippen molar-refractivity contribution in [1.29, 1.82) is 0 Å². The molecule has 16 heavy (non-hydrogen) atoms. The first-order valence-electron chi connectivity index (χ1n) is 5.38. The average Bonchev–Trinajstić information content (AvgIpc) is 2.55. The van der Waals surface area contributed by atoms with E-state index in [9.17, 15) is 4.79 Å². The second kappa shape index (κ2) is 4.26. The molecule has 2 rings (SSSR count). The molecule has 3 heteroatoms. The second-order valence-electron chi connectivity index (χ2n) is 4.10. The molecule has 0 saturated carbocycles. The first-order chi connectivity index (χ1) is 7.61. The molecular weight excluding hydrogens is 218 g/mol. The van der Waals surface area contributed by atoms with Gasteiger partial charge in [0.25, 0.3) is 0 Å². The van der Waals surface area contributed by atoms with E-state index in [1.54, 1.807) is 0 Å². The molecule has 0 aliphatic heterocycles. The molecule has 0 radical (unpaired) electrons. The summed E-state index contributed by atoms with van der Waals surface area (Å²) < 4.78 is 1.87. The van der Waals surface area contributed by atoms with Crippen molar-refractivity contribution >= 4 is 11.3 Å². The van der Waals surface area contributed by atoms with Gasteiger partial charge in [-0.3, -0.25) is 9.36 Å². The Hall–Kier alpha value is -1.35. The molecule has 0 amide bonds. The minimum absolute atomic E-state index is 0.131. The fourth-order valence-electron chi connectivity index (χ4n) is 1.90. The van der Waals surface area contributed by atoms with Crippen LogP contribution in [0.1, 0.15) is 24.8 Å². The van der Waals surface area contributed by atoms with Crippen LogP contribution in [0, 0.1) is 6.92 Å². The van der Waals surface area contributed by atoms with Crippen LogP contribution >= 0.6 is 11.3 Å². The lowest BCUT2D eigenvalue weighted by molar-refractivity contribution is 0.596. The minimum Gasteiger partial charge on any atom is -0.296 e. The molecule has 2 aromatic rings. The van der Waals surface area contributed by atoms with Crippen LogP contribution in [0.5, 0.6) is 0 Å². The summed E-state index contributed by atoms with van der Waals surface area (Å²) in [7, 11) is 0. The normalized spacial score (nSPS) is 11.0. The standard InChI is InChI=1S/C13H15NOS/c1-9(2)14-12(10(3)16-13(14)15)11-7-5-4-6-8-11/h4-9H,1-3H3. The van der Waals surface area contributed by atoms with E-state index in [2.05, 4.69) is 0 Å². The summed E-state index contributed by atoms with van der Waals surface area (Å²) in [6.07, 6.45) is 0. The van der Waals surface area contributed by atoms with Crippen LogP contribution in [0.15, 0.2) is 35.1 Å². The van der Waals surface area contributed by atoms with Crippen LogP contribution in [-0.2, 0) is 0 Å². The Balaban J connectivity index is 2.70. The number of hydrogen-bond donors (Lipinski definition) is 0. The van der Waals surface area contributed by atoms with Crippen molar-refractivity contribution in [2.75, 3.05) is 0 Å². The van der Waals surface area contributed by atoms with Crippen molar-refractivity contribution in [1.82, 2.24) is 4.57 Å². The Morgan fingerprint density at radius 3 is 2.38 bits per heavy atom. The molecule has 1 aromatic carbocycles. The van der Waals surface area contributed by atoms with Gasteiger partial charge in [0.2, 0.25) is 0 Å². The number of nitrogens with zero attached hydrogens (tertiary/aromatic N) is 1. The van der Waals surface area contributed by atoms with E-state index in [-0.39, 0.29) is 10.9 Å². The highest BCUT2D eigenvalue weighted by molar-refractivity contribution is 7.09. The average molecular weight is 233 g/mol. The number of aryl methyl sites for hydroxylation is 1. The molecular formula is C13H15NOS. The zero-order valence-corrected chi connectivity index (χ0v) is 10.5. The Kier molecular flexibility index (Phi) is 2.97. The molecule has 0 saturated heterocycles. The van der Waals surface area contributed by atoms with Gasteiger partial charge in [-0.2, -0.15) is 0 Å². The lowest BCUT2D eigenvalue weighted by Crippen LogP contribution is -2.16. The van der Waals surface area contributed by atoms with Crippen molar-refractivity contribution in [3.05, 3.63) is 44.9 Å². The predicted molar refractivity (Wildman–Crippen MR) is 69.1 cm³/mol. The van der Waals surface area contributed by atoms with Crippen molar-refractivity contribution in [2.24, 2.45) is 0 Å². The van der Waals surface area contributed by atoms with Crippen LogP contribution in [-0.4, -0.2) is 4.57 Å². The number of rotatable bonds is 2. The Labute approximate surface area is 99.2 Å². The fourth-order valence-corrected chi connectivity index (χ4v) is 2.87. The van der Waals surface area contributed by atoms with Gasteiger partial charge in [-0.15, -0.1) is 0 Å². The van der Waals surface area contributed by atoms with Gasteiger partial charge in [0.15, 0.2) is 0 Å². The summed E-state index contributed by atoms with van der Waals surface area (Å²) >= 11 is 1.33. The maximum atomic E-state index is 11.9. The van der Waals surface area contributed by atoms with E-state index in [0.29, 0.717) is 0 Å². The number of hydrogen-bond acceptors (Lipinski definition) is 2. The number of benzene rings is 1. The van der Waals surface area contributed by atoms with E-state index in [1.807, 2.05) is 55.7 Å². The summed E-state index contributed by atoms with van der Waals surface area (Å²) in [5.41, 5.74) is 2.18. The van der Waals surface area contributed by atoms with Crippen molar-refractivity contribution in [3.63, 3.8) is 0 Å². The molecule has 0 aliphatic rings. The van der Waals surface area contributed by atoms with E-state index in [1.165, 1.54) is 11.3 Å². The number of thiazole rings is 1. The third kappa shape index (κ3) is 1.83. The van der Waals surface area contributed by atoms with Gasteiger partial charge in [-0.1, -0.05) is 41.7 Å². The molecule has 0 N–H and O–H groups in total. The molecule has 0 atom stereocenters. The highest BCUT2D eigenvalue weighted by Crippen LogP contribution is 2.27. The van der Waals surface area contributed by atoms with E-state index in [0.717, 1.165) is 16.1 Å². The number of aromatic nitrogens is 1. The van der Waals surface area contributed by atoms with Gasteiger partial charge in [0.1, 0.15) is 0 Å². The zero-order chi connectivity index (χ0) is 11.7. The van der Waals surface area contributed by atoms with Crippen molar-refractivity contribution in [3.8, 4) is 11.3 Å². The first-order valence-corrected chi connectivity index (χ1v) is 6.20. The maximum Gasteiger partial charge on any atom is 0.308 e. The van der Waals surface area contributed by atoms with Gasteiger partial charge in [-0.05, 0) is 26.3 Å². The molecule has 0 unspecified atom stereocenters. The highest BCUT2D eigenvalue weighted by atomic mass is 32.1. The predicted octanol–water partition coefficient (Wildman–Crippen LogP) is 3.47. The summed E-state index contributed by atoms with van der Waals surface area (Å²) in [6.45, 7) is 6.09. The van der Waals surface area contributed by atoms with Crippen molar-refractivity contribution in [2.45, 2.75) is 26.8 Å². The lowest BCUT2D eigenvalue weighted by Gasteiger charge is -2.12. The van der Waals surface area contributed by atoms with E-state index in [4.69, 9.17) is 0 Å². The zero-order valence-electron chi connectivity index (χ0n) is 9.73. The first kappa shape index (κ1) is 11.1. The summed E-state index contributed by atoms with van der Waals surface area (Å²) in [6, 6.07) is 10.3. The summed E-state index contributed by atoms with van der Waals surface area (Å²) in [5.74, 6) is 0. The summed E-state index contributed by atoms with van der Waals surface area (Å²) in [5, 5.41) is 0. The monoisotopic (exact) mass is 233 g/mol. The van der Waals surface area contributed by atoms with Gasteiger partial charge >= 0.3 is 4.87 Å². The topological polar surface area (TPSA) is 22.0 Å². The Morgan fingerprint density at radius 2 is 1.81 bits per heavy atom.